The van der Waals surface area contributed by atoms with Gasteiger partial charge >= 0.3 is 5.97 Å². The molecular formula is C7H16N2O3. The van der Waals surface area contributed by atoms with E-state index in [4.69, 9.17) is 10.2 Å². The van der Waals surface area contributed by atoms with E-state index in [2.05, 4.69) is 10.6 Å². The summed E-state index contributed by atoms with van der Waals surface area (Å²) in [7, 11) is 3.21. The van der Waals surface area contributed by atoms with Crippen LogP contribution in [0.25, 0.3) is 0 Å². The van der Waals surface area contributed by atoms with Crippen molar-refractivity contribution < 1.29 is 15.0 Å². The summed E-state index contributed by atoms with van der Waals surface area (Å²) >= 11 is 0. The SMILES string of the molecule is CNC(O)CCC(NC)C(=O)O. The van der Waals surface area contributed by atoms with Crippen LogP contribution in [0.4, 0.5) is 0 Å². The zero-order chi connectivity index (χ0) is 9.56. The lowest BCUT2D eigenvalue weighted by atomic mass is 10.1. The fourth-order valence-corrected chi connectivity index (χ4v) is 0.860. The van der Waals surface area contributed by atoms with Crippen molar-refractivity contribution in [2.45, 2.75) is 25.1 Å². The zero-order valence-electron chi connectivity index (χ0n) is 7.37. The van der Waals surface area contributed by atoms with Gasteiger partial charge in [-0.3, -0.25) is 10.1 Å². The number of hydrogen-bond acceptors (Lipinski definition) is 4. The Hall–Kier alpha value is -0.650. The predicted octanol–water partition coefficient (Wildman–Crippen LogP) is -1.02. The van der Waals surface area contributed by atoms with E-state index >= 15 is 0 Å². The maximum atomic E-state index is 10.5. The van der Waals surface area contributed by atoms with E-state index in [0.29, 0.717) is 12.8 Å². The Morgan fingerprint density at radius 1 is 1.33 bits per heavy atom. The maximum absolute atomic E-state index is 10.5. The van der Waals surface area contributed by atoms with E-state index in [9.17, 15) is 4.79 Å². The largest absolute Gasteiger partial charge is 0.480 e. The number of aliphatic hydroxyl groups is 1. The van der Waals surface area contributed by atoms with E-state index in [1.807, 2.05) is 0 Å². The molecule has 12 heavy (non-hydrogen) atoms. The van der Waals surface area contributed by atoms with Crippen molar-refractivity contribution in [3.63, 3.8) is 0 Å². The molecular weight excluding hydrogens is 160 g/mol. The second-order valence-electron chi connectivity index (χ2n) is 2.56. The smallest absolute Gasteiger partial charge is 0.320 e. The van der Waals surface area contributed by atoms with Gasteiger partial charge in [0.25, 0.3) is 0 Å². The molecule has 0 spiro atoms. The molecule has 4 N–H and O–H groups in total. The fourth-order valence-electron chi connectivity index (χ4n) is 0.860. The quantitative estimate of drug-likeness (QED) is 0.389. The fraction of sp³-hybridized carbons (Fsp3) is 0.857. The molecule has 0 amide bonds. The number of nitrogens with one attached hydrogen (secondary N) is 2. The summed E-state index contributed by atoms with van der Waals surface area (Å²) in [6.07, 6.45) is 0.211. The second kappa shape index (κ2) is 5.93. The van der Waals surface area contributed by atoms with Crippen LogP contribution in [0.2, 0.25) is 0 Å². The Balaban J connectivity index is 3.65. The maximum Gasteiger partial charge on any atom is 0.320 e. The number of carbonyl (C=O) groups is 1. The molecule has 0 bridgehead atoms. The van der Waals surface area contributed by atoms with E-state index in [1.54, 1.807) is 14.1 Å². The van der Waals surface area contributed by atoms with Crippen LogP contribution in [0.3, 0.4) is 0 Å². The van der Waals surface area contributed by atoms with Crippen LogP contribution in [-0.4, -0.2) is 42.5 Å². The molecule has 72 valence electrons. The Morgan fingerprint density at radius 3 is 2.25 bits per heavy atom. The average Bonchev–Trinajstić information content (AvgIpc) is 2.04. The van der Waals surface area contributed by atoms with Gasteiger partial charge in [-0.05, 0) is 26.9 Å². The van der Waals surface area contributed by atoms with Gasteiger partial charge in [-0.15, -0.1) is 0 Å². The Kier molecular flexibility index (Phi) is 5.61. The van der Waals surface area contributed by atoms with Gasteiger partial charge in [-0.2, -0.15) is 0 Å². The highest BCUT2D eigenvalue weighted by molar-refractivity contribution is 5.73. The molecule has 0 fully saturated rings. The van der Waals surface area contributed by atoms with E-state index < -0.39 is 18.2 Å². The minimum absolute atomic E-state index is 0.411. The molecule has 0 heterocycles. The van der Waals surface area contributed by atoms with Gasteiger partial charge < -0.3 is 15.5 Å². The summed E-state index contributed by atoms with van der Waals surface area (Å²) in [5, 5.41) is 22.9. The van der Waals surface area contributed by atoms with Crippen LogP contribution < -0.4 is 10.6 Å². The Bertz CT molecular complexity index is 141. The van der Waals surface area contributed by atoms with Crippen LogP contribution >= 0.6 is 0 Å². The van der Waals surface area contributed by atoms with Gasteiger partial charge in [-0.25, -0.2) is 0 Å². The van der Waals surface area contributed by atoms with Gasteiger partial charge in [-0.1, -0.05) is 0 Å². The average molecular weight is 176 g/mol. The number of likely N-dealkylation sites (N-methyl/N-ethyl adjacent to an activating group) is 1. The summed E-state index contributed by atoms with van der Waals surface area (Å²) in [5.74, 6) is -0.888. The molecule has 2 unspecified atom stereocenters. The van der Waals surface area contributed by atoms with Gasteiger partial charge in [0.15, 0.2) is 0 Å². The van der Waals surface area contributed by atoms with E-state index in [0.717, 1.165) is 0 Å². The molecule has 0 aliphatic heterocycles. The van der Waals surface area contributed by atoms with E-state index in [-0.39, 0.29) is 0 Å². The summed E-state index contributed by atoms with van der Waals surface area (Å²) in [6.45, 7) is 0. The Labute approximate surface area is 71.8 Å². The molecule has 0 aromatic carbocycles. The highest BCUT2D eigenvalue weighted by Crippen LogP contribution is 1.99. The summed E-state index contributed by atoms with van der Waals surface area (Å²) in [4.78, 5) is 10.5. The first kappa shape index (κ1) is 11.4. The number of carboxylic acids is 1. The van der Waals surface area contributed by atoms with Crippen LogP contribution in [0, 0.1) is 0 Å². The summed E-state index contributed by atoms with van der Waals surface area (Å²) in [5.41, 5.74) is 0. The zero-order valence-corrected chi connectivity index (χ0v) is 7.37. The number of hydrogen-bond donors (Lipinski definition) is 4. The first-order valence-corrected chi connectivity index (χ1v) is 3.87. The molecule has 0 aromatic heterocycles. The number of aliphatic hydroxyl groups excluding tert-OH is 1. The molecule has 5 heteroatoms. The van der Waals surface area contributed by atoms with Crippen LogP contribution in [0.1, 0.15) is 12.8 Å². The van der Waals surface area contributed by atoms with Crippen LogP contribution in [0.5, 0.6) is 0 Å². The Morgan fingerprint density at radius 2 is 1.92 bits per heavy atom. The molecule has 0 saturated carbocycles. The van der Waals surface area contributed by atoms with Crippen molar-refractivity contribution in [2.24, 2.45) is 0 Å². The monoisotopic (exact) mass is 176 g/mol. The van der Waals surface area contributed by atoms with Crippen LogP contribution in [0.15, 0.2) is 0 Å². The number of aliphatic carboxylic acids is 1. The highest BCUT2D eigenvalue weighted by atomic mass is 16.4. The van der Waals surface area contributed by atoms with Gasteiger partial charge in [0.2, 0.25) is 0 Å². The van der Waals surface area contributed by atoms with Crippen molar-refractivity contribution in [3.05, 3.63) is 0 Å². The summed E-state index contributed by atoms with van der Waals surface area (Å²) in [6, 6.07) is -0.576. The number of rotatable bonds is 6. The molecule has 0 aromatic rings. The lowest BCUT2D eigenvalue weighted by Gasteiger charge is -2.13. The molecule has 0 rings (SSSR count). The molecule has 0 radical (unpaired) electrons. The lowest BCUT2D eigenvalue weighted by molar-refractivity contribution is -0.139. The van der Waals surface area contributed by atoms with E-state index in [1.165, 1.54) is 0 Å². The third-order valence-electron chi connectivity index (χ3n) is 1.71. The van der Waals surface area contributed by atoms with Gasteiger partial charge in [0, 0.05) is 0 Å². The third-order valence-corrected chi connectivity index (χ3v) is 1.71. The predicted molar refractivity (Wildman–Crippen MR) is 44.8 cm³/mol. The molecule has 2 atom stereocenters. The molecule has 0 aliphatic rings. The van der Waals surface area contributed by atoms with Gasteiger partial charge in [0.1, 0.15) is 12.3 Å². The normalized spacial score (nSPS) is 15.6. The topological polar surface area (TPSA) is 81.6 Å². The minimum atomic E-state index is -0.888. The molecule has 5 nitrogen and oxygen atoms in total. The minimum Gasteiger partial charge on any atom is -0.480 e. The van der Waals surface area contributed by atoms with Crippen molar-refractivity contribution in [3.8, 4) is 0 Å². The lowest BCUT2D eigenvalue weighted by Crippen LogP contribution is -2.36. The standard InChI is InChI=1S/C7H16N2O3/c1-8-5(7(11)12)3-4-6(10)9-2/h5-6,8-10H,3-4H2,1-2H3,(H,11,12). The van der Waals surface area contributed by atoms with Crippen LogP contribution in [-0.2, 0) is 4.79 Å². The first-order valence-electron chi connectivity index (χ1n) is 3.87. The van der Waals surface area contributed by atoms with Crippen molar-refractivity contribution in [2.75, 3.05) is 14.1 Å². The first-order chi connectivity index (χ1) is 5.61. The highest BCUT2D eigenvalue weighted by Gasteiger charge is 2.15. The second-order valence-corrected chi connectivity index (χ2v) is 2.56. The third kappa shape index (κ3) is 4.27. The van der Waals surface area contributed by atoms with Crippen molar-refractivity contribution in [1.29, 1.82) is 0 Å². The molecule has 0 saturated heterocycles. The molecule has 0 aliphatic carbocycles. The van der Waals surface area contributed by atoms with Gasteiger partial charge in [0.05, 0.1) is 0 Å². The van der Waals surface area contributed by atoms with Crippen molar-refractivity contribution >= 4 is 5.97 Å². The number of carboxylic acid groups (broad SMARTS) is 1. The summed E-state index contributed by atoms with van der Waals surface area (Å²) < 4.78 is 0. The van der Waals surface area contributed by atoms with Crippen molar-refractivity contribution in [1.82, 2.24) is 10.6 Å².